The summed E-state index contributed by atoms with van der Waals surface area (Å²) in [6.45, 7) is 3.06. The number of para-hydroxylation sites is 1. The summed E-state index contributed by atoms with van der Waals surface area (Å²) >= 11 is 4.32. The van der Waals surface area contributed by atoms with Crippen molar-refractivity contribution in [3.05, 3.63) is 30.0 Å². The second-order valence-electron chi connectivity index (χ2n) is 3.34. The molecule has 0 fully saturated rings. The van der Waals surface area contributed by atoms with Crippen molar-refractivity contribution in [3.8, 4) is 0 Å². The lowest BCUT2D eigenvalue weighted by molar-refractivity contribution is 0.796. The highest BCUT2D eigenvalue weighted by Gasteiger charge is 2.07. The van der Waals surface area contributed by atoms with Gasteiger partial charge in [-0.05, 0) is 18.6 Å². The third kappa shape index (κ3) is 1.28. The standard InChI is InChI=1S/C11H14N2S/c1-2-13-6-8(7-14)9-4-3-5-10(12)11(9)13/h3-6,14H,2,7,12H2,1H3. The lowest BCUT2D eigenvalue weighted by atomic mass is 10.2. The van der Waals surface area contributed by atoms with Crippen molar-refractivity contribution in [1.82, 2.24) is 4.57 Å². The molecule has 0 atom stereocenters. The van der Waals surface area contributed by atoms with Crippen LogP contribution in [-0.2, 0) is 12.3 Å². The molecule has 1 heterocycles. The van der Waals surface area contributed by atoms with Gasteiger partial charge in [0.2, 0.25) is 0 Å². The van der Waals surface area contributed by atoms with Gasteiger partial charge in [-0.15, -0.1) is 0 Å². The van der Waals surface area contributed by atoms with E-state index in [4.69, 9.17) is 5.73 Å². The zero-order valence-corrected chi connectivity index (χ0v) is 9.09. The van der Waals surface area contributed by atoms with E-state index >= 15 is 0 Å². The molecule has 0 bridgehead atoms. The molecule has 1 aromatic carbocycles. The minimum Gasteiger partial charge on any atom is -0.397 e. The summed E-state index contributed by atoms with van der Waals surface area (Å²) in [5.41, 5.74) is 9.19. The Morgan fingerprint density at radius 2 is 2.21 bits per heavy atom. The van der Waals surface area contributed by atoms with Crippen molar-refractivity contribution in [1.29, 1.82) is 0 Å². The predicted molar refractivity (Wildman–Crippen MR) is 64.7 cm³/mol. The summed E-state index contributed by atoms with van der Waals surface area (Å²) in [5.74, 6) is 0.757. The molecular weight excluding hydrogens is 192 g/mol. The number of hydrogen-bond donors (Lipinski definition) is 2. The molecule has 0 amide bonds. The number of benzene rings is 1. The van der Waals surface area contributed by atoms with Crippen LogP contribution in [0.25, 0.3) is 10.9 Å². The van der Waals surface area contributed by atoms with Gasteiger partial charge in [0.1, 0.15) is 0 Å². The SMILES string of the molecule is CCn1cc(CS)c2cccc(N)c21. The van der Waals surface area contributed by atoms with E-state index in [0.29, 0.717) is 0 Å². The fourth-order valence-electron chi connectivity index (χ4n) is 1.84. The molecule has 3 heteroatoms. The first kappa shape index (κ1) is 9.46. The average molecular weight is 206 g/mol. The molecule has 0 aliphatic rings. The van der Waals surface area contributed by atoms with E-state index in [0.717, 1.165) is 23.5 Å². The lowest BCUT2D eigenvalue weighted by Crippen LogP contribution is -1.95. The Balaban J connectivity index is 2.82. The van der Waals surface area contributed by atoms with Crippen molar-refractivity contribution in [2.75, 3.05) is 5.73 Å². The molecule has 2 aromatic rings. The van der Waals surface area contributed by atoms with E-state index in [-0.39, 0.29) is 0 Å². The molecule has 0 spiro atoms. The topological polar surface area (TPSA) is 30.9 Å². The number of nitrogens with zero attached hydrogens (tertiary/aromatic N) is 1. The second-order valence-corrected chi connectivity index (χ2v) is 3.66. The van der Waals surface area contributed by atoms with Crippen LogP contribution < -0.4 is 5.73 Å². The molecule has 0 radical (unpaired) electrons. The molecule has 2 rings (SSSR count). The molecule has 0 saturated carbocycles. The minimum absolute atomic E-state index is 0.757. The summed E-state index contributed by atoms with van der Waals surface area (Å²) in [6, 6.07) is 6.03. The molecule has 0 unspecified atom stereocenters. The van der Waals surface area contributed by atoms with Gasteiger partial charge < -0.3 is 10.3 Å². The molecule has 2 N–H and O–H groups in total. The van der Waals surface area contributed by atoms with Crippen LogP contribution in [0.2, 0.25) is 0 Å². The van der Waals surface area contributed by atoms with Gasteiger partial charge in [0.15, 0.2) is 0 Å². The summed E-state index contributed by atoms with van der Waals surface area (Å²) in [6.07, 6.45) is 2.13. The van der Waals surface area contributed by atoms with Crippen LogP contribution in [0, 0.1) is 0 Å². The zero-order chi connectivity index (χ0) is 10.1. The molecule has 0 saturated heterocycles. The van der Waals surface area contributed by atoms with Gasteiger partial charge in [0.05, 0.1) is 11.2 Å². The Labute approximate surface area is 89.1 Å². The number of fused-ring (bicyclic) bond motifs is 1. The van der Waals surface area contributed by atoms with Crippen molar-refractivity contribution >= 4 is 29.2 Å². The van der Waals surface area contributed by atoms with Gasteiger partial charge in [0.25, 0.3) is 0 Å². The zero-order valence-electron chi connectivity index (χ0n) is 8.20. The number of nitrogen functional groups attached to an aromatic ring is 1. The maximum atomic E-state index is 5.95. The smallest absolute Gasteiger partial charge is 0.0716 e. The highest BCUT2D eigenvalue weighted by molar-refractivity contribution is 7.79. The summed E-state index contributed by atoms with van der Waals surface area (Å²) in [5, 5.41) is 1.22. The van der Waals surface area contributed by atoms with Crippen LogP contribution in [0.4, 0.5) is 5.69 Å². The van der Waals surface area contributed by atoms with E-state index in [1.54, 1.807) is 0 Å². The van der Waals surface area contributed by atoms with Crippen molar-refractivity contribution < 1.29 is 0 Å². The minimum atomic E-state index is 0.757. The number of hydrogen-bond acceptors (Lipinski definition) is 2. The first-order valence-electron chi connectivity index (χ1n) is 4.75. The summed E-state index contributed by atoms with van der Waals surface area (Å²) in [7, 11) is 0. The second kappa shape index (κ2) is 3.58. The Morgan fingerprint density at radius 1 is 1.43 bits per heavy atom. The van der Waals surface area contributed by atoms with E-state index in [2.05, 4.69) is 36.4 Å². The van der Waals surface area contributed by atoms with Gasteiger partial charge in [-0.3, -0.25) is 0 Å². The Morgan fingerprint density at radius 3 is 2.86 bits per heavy atom. The Kier molecular flexibility index (Phi) is 2.42. The number of rotatable bonds is 2. The summed E-state index contributed by atoms with van der Waals surface area (Å²) < 4.78 is 2.18. The fourth-order valence-corrected chi connectivity index (χ4v) is 2.09. The maximum Gasteiger partial charge on any atom is 0.0716 e. The summed E-state index contributed by atoms with van der Waals surface area (Å²) in [4.78, 5) is 0. The van der Waals surface area contributed by atoms with Gasteiger partial charge >= 0.3 is 0 Å². The van der Waals surface area contributed by atoms with E-state index in [1.165, 1.54) is 10.9 Å². The van der Waals surface area contributed by atoms with Crippen LogP contribution in [0.1, 0.15) is 12.5 Å². The highest BCUT2D eigenvalue weighted by atomic mass is 32.1. The third-order valence-electron chi connectivity index (χ3n) is 2.52. The molecule has 74 valence electrons. The predicted octanol–water partition coefficient (Wildman–Crippen LogP) is 2.67. The third-order valence-corrected chi connectivity index (χ3v) is 2.86. The average Bonchev–Trinajstić information content (AvgIpc) is 2.57. The van der Waals surface area contributed by atoms with Crippen LogP contribution in [0.3, 0.4) is 0 Å². The first-order valence-corrected chi connectivity index (χ1v) is 5.38. The lowest BCUT2D eigenvalue weighted by Gasteiger charge is -2.02. The van der Waals surface area contributed by atoms with Gasteiger partial charge in [-0.25, -0.2) is 0 Å². The highest BCUT2D eigenvalue weighted by Crippen LogP contribution is 2.27. The fraction of sp³-hybridized carbons (Fsp3) is 0.273. The molecule has 2 nitrogen and oxygen atoms in total. The van der Waals surface area contributed by atoms with E-state index < -0.39 is 0 Å². The maximum absolute atomic E-state index is 5.95. The van der Waals surface area contributed by atoms with Crippen LogP contribution in [0.5, 0.6) is 0 Å². The number of aromatic nitrogens is 1. The van der Waals surface area contributed by atoms with E-state index in [1.807, 2.05) is 12.1 Å². The van der Waals surface area contributed by atoms with Crippen LogP contribution in [0.15, 0.2) is 24.4 Å². The van der Waals surface area contributed by atoms with Crippen molar-refractivity contribution in [2.24, 2.45) is 0 Å². The largest absolute Gasteiger partial charge is 0.397 e. The molecule has 14 heavy (non-hydrogen) atoms. The van der Waals surface area contributed by atoms with Crippen molar-refractivity contribution in [2.45, 2.75) is 19.2 Å². The van der Waals surface area contributed by atoms with Crippen molar-refractivity contribution in [3.63, 3.8) is 0 Å². The Hall–Kier alpha value is -1.09. The first-order chi connectivity index (χ1) is 6.77. The monoisotopic (exact) mass is 206 g/mol. The number of nitrogens with two attached hydrogens (primary N) is 1. The number of anilines is 1. The number of thiol groups is 1. The molecule has 0 aliphatic heterocycles. The van der Waals surface area contributed by atoms with Crippen LogP contribution in [-0.4, -0.2) is 4.57 Å². The van der Waals surface area contributed by atoms with Gasteiger partial charge in [0, 0.05) is 23.9 Å². The number of aryl methyl sites for hydroxylation is 1. The normalized spacial score (nSPS) is 11.0. The quantitative estimate of drug-likeness (QED) is 0.574. The Bertz CT molecular complexity index is 460. The van der Waals surface area contributed by atoms with Gasteiger partial charge in [-0.2, -0.15) is 12.6 Å². The van der Waals surface area contributed by atoms with E-state index in [9.17, 15) is 0 Å². The molecule has 1 aromatic heterocycles. The van der Waals surface area contributed by atoms with Gasteiger partial charge in [-0.1, -0.05) is 12.1 Å². The van der Waals surface area contributed by atoms with Crippen LogP contribution >= 0.6 is 12.6 Å². The molecule has 0 aliphatic carbocycles. The molecular formula is C11H14N2S.